The molecule has 0 fully saturated rings. The number of alkyl halides is 1. The first-order valence-corrected chi connectivity index (χ1v) is 7.30. The van der Waals surface area contributed by atoms with Crippen molar-refractivity contribution in [3.63, 3.8) is 0 Å². The second kappa shape index (κ2) is 6.86. The van der Waals surface area contributed by atoms with Gasteiger partial charge in [0.15, 0.2) is 0 Å². The van der Waals surface area contributed by atoms with Crippen LogP contribution < -0.4 is 5.32 Å². The molecule has 0 aliphatic carbocycles. The van der Waals surface area contributed by atoms with E-state index in [1.807, 2.05) is 0 Å². The second-order valence-electron chi connectivity index (χ2n) is 4.23. The number of halogens is 3. The Kier molecular flexibility index (Phi) is 5.15. The van der Waals surface area contributed by atoms with Crippen LogP contribution in [-0.4, -0.2) is 10.7 Å². The molecule has 2 aromatic carbocycles. The van der Waals surface area contributed by atoms with Gasteiger partial charge in [-0.2, -0.15) is 0 Å². The minimum atomic E-state index is -0.532. The van der Waals surface area contributed by atoms with Crippen LogP contribution in [0.15, 0.2) is 48.5 Å². The Balaban J connectivity index is 2.03. The van der Waals surface area contributed by atoms with E-state index in [4.69, 9.17) is 11.6 Å². The van der Waals surface area contributed by atoms with Gasteiger partial charge >= 0.3 is 0 Å². The molecule has 1 N–H and O–H groups in total. The number of rotatable bonds is 4. The van der Waals surface area contributed by atoms with Gasteiger partial charge in [0.2, 0.25) is 5.91 Å². The van der Waals surface area contributed by atoms with E-state index in [1.54, 1.807) is 42.5 Å². The summed E-state index contributed by atoms with van der Waals surface area (Å²) >= 11 is 9.24. The van der Waals surface area contributed by atoms with Crippen LogP contribution in [0, 0.1) is 5.82 Å². The smallest absolute Gasteiger partial charge is 0.238 e. The lowest BCUT2D eigenvalue weighted by Gasteiger charge is -2.12. The molecule has 1 unspecified atom stereocenters. The maximum atomic E-state index is 13.5. The van der Waals surface area contributed by atoms with Crippen molar-refractivity contribution in [3.05, 3.63) is 64.9 Å². The van der Waals surface area contributed by atoms with Gasteiger partial charge in [-0.05, 0) is 30.2 Å². The summed E-state index contributed by atoms with van der Waals surface area (Å²) in [6, 6.07) is 13.4. The number of benzene rings is 2. The molecule has 0 aliphatic heterocycles. The van der Waals surface area contributed by atoms with Crippen LogP contribution in [0.3, 0.4) is 0 Å². The summed E-state index contributed by atoms with van der Waals surface area (Å²) in [7, 11) is 0. The topological polar surface area (TPSA) is 29.1 Å². The zero-order valence-corrected chi connectivity index (χ0v) is 12.8. The van der Waals surface area contributed by atoms with E-state index in [-0.39, 0.29) is 18.1 Å². The van der Waals surface area contributed by atoms with Gasteiger partial charge in [0.25, 0.3) is 0 Å². The molecule has 0 saturated heterocycles. The predicted molar refractivity (Wildman–Crippen MR) is 82.9 cm³/mol. The first-order valence-electron chi connectivity index (χ1n) is 6.01. The number of hydrogen-bond acceptors (Lipinski definition) is 1. The molecule has 0 heterocycles. The van der Waals surface area contributed by atoms with Crippen LogP contribution in [0.4, 0.5) is 10.1 Å². The number of para-hydroxylation sites is 1. The molecule has 0 bridgehead atoms. The van der Waals surface area contributed by atoms with Gasteiger partial charge < -0.3 is 5.32 Å². The third-order valence-electron chi connectivity index (χ3n) is 2.77. The fourth-order valence-corrected chi connectivity index (χ4v) is 2.37. The van der Waals surface area contributed by atoms with Gasteiger partial charge in [-0.3, -0.25) is 4.79 Å². The molecule has 104 valence electrons. The Morgan fingerprint density at radius 3 is 2.55 bits per heavy atom. The standard InChI is InChI=1S/C15H12BrClFNO/c16-11(9-10-5-1-3-7-13(10)18)15(20)19-14-8-4-2-6-12(14)17/h1-8,11H,9H2,(H,19,20). The number of anilines is 1. The van der Waals surface area contributed by atoms with E-state index in [1.165, 1.54) is 6.07 Å². The highest BCUT2D eigenvalue weighted by Crippen LogP contribution is 2.22. The lowest BCUT2D eigenvalue weighted by molar-refractivity contribution is -0.115. The van der Waals surface area contributed by atoms with E-state index in [0.29, 0.717) is 16.3 Å². The summed E-state index contributed by atoms with van der Waals surface area (Å²) in [5.74, 6) is -0.580. The molecule has 0 aliphatic rings. The van der Waals surface area contributed by atoms with Gasteiger partial charge in [-0.25, -0.2) is 4.39 Å². The zero-order valence-electron chi connectivity index (χ0n) is 10.4. The van der Waals surface area contributed by atoms with Crippen molar-refractivity contribution in [1.82, 2.24) is 0 Å². The SMILES string of the molecule is O=C(Nc1ccccc1Cl)C(Br)Cc1ccccc1F. The normalized spacial score (nSPS) is 11.9. The molecule has 0 radical (unpaired) electrons. The minimum absolute atomic E-state index is 0.263. The molecule has 5 heteroatoms. The van der Waals surface area contributed by atoms with Crippen LogP contribution in [-0.2, 0) is 11.2 Å². The van der Waals surface area contributed by atoms with Crippen LogP contribution in [0.5, 0.6) is 0 Å². The third kappa shape index (κ3) is 3.81. The zero-order chi connectivity index (χ0) is 14.5. The molecule has 1 atom stereocenters. The van der Waals surface area contributed by atoms with E-state index >= 15 is 0 Å². The van der Waals surface area contributed by atoms with Gasteiger partial charge in [-0.15, -0.1) is 0 Å². The average molecular weight is 357 g/mol. The molecular weight excluding hydrogens is 345 g/mol. The molecule has 2 nitrogen and oxygen atoms in total. The van der Waals surface area contributed by atoms with Crippen molar-refractivity contribution in [2.24, 2.45) is 0 Å². The summed E-state index contributed by atoms with van der Waals surface area (Å²) in [5.41, 5.74) is 1.03. The number of hydrogen-bond donors (Lipinski definition) is 1. The van der Waals surface area contributed by atoms with Crippen LogP contribution in [0.25, 0.3) is 0 Å². The summed E-state index contributed by atoms with van der Waals surface area (Å²) in [6.45, 7) is 0. The van der Waals surface area contributed by atoms with Crippen molar-refractivity contribution in [2.45, 2.75) is 11.2 Å². The van der Waals surface area contributed by atoms with Crippen molar-refractivity contribution < 1.29 is 9.18 Å². The minimum Gasteiger partial charge on any atom is -0.324 e. The summed E-state index contributed by atoms with van der Waals surface area (Å²) < 4.78 is 13.5. The Hall–Kier alpha value is -1.39. The molecule has 20 heavy (non-hydrogen) atoms. The van der Waals surface area contributed by atoms with Gasteiger partial charge in [-0.1, -0.05) is 57.9 Å². The van der Waals surface area contributed by atoms with E-state index in [2.05, 4.69) is 21.2 Å². The predicted octanol–water partition coefficient (Wildman–Crippen LogP) is 4.42. The number of nitrogens with one attached hydrogen (secondary N) is 1. The van der Waals surface area contributed by atoms with Crippen molar-refractivity contribution in [1.29, 1.82) is 0 Å². The lowest BCUT2D eigenvalue weighted by atomic mass is 10.1. The fourth-order valence-electron chi connectivity index (χ4n) is 1.72. The fraction of sp³-hybridized carbons (Fsp3) is 0.133. The Labute approximate surface area is 130 Å². The van der Waals surface area contributed by atoms with E-state index in [0.717, 1.165) is 0 Å². The third-order valence-corrected chi connectivity index (χ3v) is 3.84. The molecular formula is C15H12BrClFNO. The van der Waals surface area contributed by atoms with Gasteiger partial charge in [0.1, 0.15) is 5.82 Å². The monoisotopic (exact) mass is 355 g/mol. The highest BCUT2D eigenvalue weighted by atomic mass is 79.9. The van der Waals surface area contributed by atoms with Crippen molar-refractivity contribution in [3.8, 4) is 0 Å². The molecule has 0 spiro atoms. The van der Waals surface area contributed by atoms with Gasteiger partial charge in [0.05, 0.1) is 15.5 Å². The quantitative estimate of drug-likeness (QED) is 0.807. The molecule has 1 amide bonds. The Morgan fingerprint density at radius 2 is 1.85 bits per heavy atom. The average Bonchev–Trinajstić information content (AvgIpc) is 2.43. The number of carbonyl (C=O) groups is 1. The van der Waals surface area contributed by atoms with E-state index < -0.39 is 4.83 Å². The highest BCUT2D eigenvalue weighted by Gasteiger charge is 2.18. The molecule has 0 aromatic heterocycles. The van der Waals surface area contributed by atoms with Crippen LogP contribution >= 0.6 is 27.5 Å². The van der Waals surface area contributed by atoms with Crippen molar-refractivity contribution >= 4 is 39.1 Å². The first-order chi connectivity index (χ1) is 9.58. The molecule has 0 saturated carbocycles. The Morgan fingerprint density at radius 1 is 1.20 bits per heavy atom. The largest absolute Gasteiger partial charge is 0.324 e. The maximum Gasteiger partial charge on any atom is 0.238 e. The molecule has 2 rings (SSSR count). The number of carbonyl (C=O) groups excluding carboxylic acids is 1. The van der Waals surface area contributed by atoms with Crippen molar-refractivity contribution in [2.75, 3.05) is 5.32 Å². The maximum absolute atomic E-state index is 13.5. The van der Waals surface area contributed by atoms with Gasteiger partial charge in [0, 0.05) is 0 Å². The van der Waals surface area contributed by atoms with Crippen LogP contribution in [0.1, 0.15) is 5.56 Å². The van der Waals surface area contributed by atoms with Crippen LogP contribution in [0.2, 0.25) is 5.02 Å². The van der Waals surface area contributed by atoms with E-state index in [9.17, 15) is 9.18 Å². The first kappa shape index (κ1) is 15.0. The second-order valence-corrected chi connectivity index (χ2v) is 5.74. The summed E-state index contributed by atoms with van der Waals surface area (Å²) in [5, 5.41) is 3.17. The number of amides is 1. The highest BCUT2D eigenvalue weighted by molar-refractivity contribution is 9.10. The summed E-state index contributed by atoms with van der Waals surface area (Å²) in [4.78, 5) is 11.5. The lowest BCUT2D eigenvalue weighted by Crippen LogP contribution is -2.25. The Bertz CT molecular complexity index is 620. The summed E-state index contributed by atoms with van der Waals surface area (Å²) in [6.07, 6.45) is 0.267. The molecule has 2 aromatic rings.